The molecule has 0 bridgehead atoms. The minimum atomic E-state index is -0.748. The van der Waals surface area contributed by atoms with Gasteiger partial charge in [0.05, 0.1) is 5.60 Å². The second-order valence-corrected chi connectivity index (χ2v) is 10.6. The first-order valence-corrected chi connectivity index (χ1v) is 14.0. The molecule has 0 saturated carbocycles. The number of carbonyl (C=O) groups is 1. The van der Waals surface area contributed by atoms with Crippen LogP contribution in [0.2, 0.25) is 0 Å². The molecule has 38 heavy (non-hydrogen) atoms. The molecule has 0 aliphatic heterocycles. The van der Waals surface area contributed by atoms with Crippen molar-refractivity contribution >= 4 is 12.5 Å². The van der Waals surface area contributed by atoms with Crippen molar-refractivity contribution in [1.82, 2.24) is 0 Å². The fourth-order valence-electron chi connectivity index (χ4n) is 5.72. The van der Waals surface area contributed by atoms with Crippen LogP contribution in [0.1, 0.15) is 92.3 Å². The summed E-state index contributed by atoms with van der Waals surface area (Å²) in [5.41, 5.74) is 10.2. The highest BCUT2D eigenvalue weighted by molar-refractivity contribution is 5.72. The second kappa shape index (κ2) is 12.6. The van der Waals surface area contributed by atoms with Gasteiger partial charge in [-0.3, -0.25) is 4.79 Å². The lowest BCUT2D eigenvalue weighted by atomic mass is 9.69. The molecule has 0 unspecified atom stereocenters. The van der Waals surface area contributed by atoms with Crippen molar-refractivity contribution in [2.45, 2.75) is 91.8 Å². The van der Waals surface area contributed by atoms with E-state index in [1.165, 1.54) is 38.9 Å². The molecule has 3 aromatic carbocycles. The van der Waals surface area contributed by atoms with Gasteiger partial charge in [0, 0.05) is 5.41 Å². The summed E-state index contributed by atoms with van der Waals surface area (Å²) < 4.78 is 4.89. The van der Waals surface area contributed by atoms with E-state index < -0.39 is 5.60 Å². The van der Waals surface area contributed by atoms with E-state index in [1.54, 1.807) is 0 Å². The predicted octanol–water partition coefficient (Wildman–Crippen LogP) is 8.62. The Morgan fingerprint density at radius 1 is 0.763 bits per heavy atom. The van der Waals surface area contributed by atoms with Crippen molar-refractivity contribution in [2.24, 2.45) is 0 Å². The van der Waals surface area contributed by atoms with Crippen LogP contribution in [0.3, 0.4) is 0 Å². The van der Waals surface area contributed by atoms with Crippen molar-refractivity contribution in [3.63, 3.8) is 0 Å². The van der Waals surface area contributed by atoms with Crippen molar-refractivity contribution in [1.29, 1.82) is 0 Å². The first-order valence-electron chi connectivity index (χ1n) is 14.0. The molecule has 3 heteroatoms. The van der Waals surface area contributed by atoms with Crippen LogP contribution in [0.5, 0.6) is 0 Å². The van der Waals surface area contributed by atoms with Gasteiger partial charge in [0.25, 0.3) is 6.47 Å². The van der Waals surface area contributed by atoms with Crippen LogP contribution < -0.4 is 0 Å². The van der Waals surface area contributed by atoms with Crippen molar-refractivity contribution < 1.29 is 14.6 Å². The van der Waals surface area contributed by atoms with E-state index >= 15 is 0 Å². The molecular weight excluding hydrogens is 468 g/mol. The molecule has 1 N–H and O–H groups in total. The van der Waals surface area contributed by atoms with E-state index in [9.17, 15) is 9.90 Å². The molecule has 0 aromatic heterocycles. The van der Waals surface area contributed by atoms with Gasteiger partial charge in [0.2, 0.25) is 0 Å². The number of aryl methyl sites for hydroxylation is 3. The van der Waals surface area contributed by atoms with Crippen LogP contribution in [-0.4, -0.2) is 17.2 Å². The average Bonchev–Trinajstić information content (AvgIpc) is 2.92. The number of hydrogen-bond donors (Lipinski definition) is 1. The summed E-state index contributed by atoms with van der Waals surface area (Å²) in [6, 6.07) is 19.8. The van der Waals surface area contributed by atoms with E-state index in [4.69, 9.17) is 4.74 Å². The van der Waals surface area contributed by atoms with Gasteiger partial charge in [-0.05, 0) is 96.5 Å². The maximum Gasteiger partial charge on any atom is 0.293 e. The Morgan fingerprint density at radius 2 is 1.34 bits per heavy atom. The number of aliphatic hydroxyl groups is 1. The smallest absolute Gasteiger partial charge is 0.293 e. The van der Waals surface area contributed by atoms with Crippen LogP contribution in [0.25, 0.3) is 17.2 Å². The van der Waals surface area contributed by atoms with E-state index in [0.29, 0.717) is 25.9 Å². The monoisotopic (exact) mass is 512 g/mol. The molecule has 0 aliphatic carbocycles. The van der Waals surface area contributed by atoms with Gasteiger partial charge in [0.1, 0.15) is 6.61 Å². The van der Waals surface area contributed by atoms with E-state index in [-0.39, 0.29) is 5.41 Å². The lowest BCUT2D eigenvalue weighted by Crippen LogP contribution is -2.26. The molecule has 0 fully saturated rings. The number of hydrogen-bond acceptors (Lipinski definition) is 3. The number of ether oxygens (including phenoxy) is 1. The first kappa shape index (κ1) is 29.4. The van der Waals surface area contributed by atoms with Gasteiger partial charge in [0.15, 0.2) is 0 Å². The Labute approximate surface area is 229 Å². The standard InChI is InChI=1S/C35H44O3/c1-8-34(37,9-2)19-18-29-16-17-31(20-25(29)5)35(10-3,11-4)32-21-26(6)33(27(7)22-32)30-14-12-28(13-15-30)23-38-24-36/h12-22,24,37H,8-11,23H2,1-7H3. The van der Waals surface area contributed by atoms with E-state index in [1.807, 2.05) is 32.1 Å². The molecule has 0 radical (unpaired) electrons. The molecule has 0 heterocycles. The Bertz CT molecular complexity index is 1240. The van der Waals surface area contributed by atoms with E-state index in [0.717, 1.165) is 24.0 Å². The van der Waals surface area contributed by atoms with Crippen molar-refractivity contribution in [2.75, 3.05) is 0 Å². The molecule has 3 nitrogen and oxygen atoms in total. The van der Waals surface area contributed by atoms with Crippen LogP contribution >= 0.6 is 0 Å². The lowest BCUT2D eigenvalue weighted by molar-refractivity contribution is -0.129. The molecule has 3 aromatic rings. The molecule has 0 atom stereocenters. The summed E-state index contributed by atoms with van der Waals surface area (Å²) in [6.45, 7) is 16.0. The van der Waals surface area contributed by atoms with Gasteiger partial charge < -0.3 is 9.84 Å². The van der Waals surface area contributed by atoms with Gasteiger partial charge in [-0.2, -0.15) is 0 Å². The summed E-state index contributed by atoms with van der Waals surface area (Å²) >= 11 is 0. The minimum absolute atomic E-state index is 0.0787. The molecule has 0 spiro atoms. The fraction of sp³-hybridized carbons (Fsp3) is 0.400. The van der Waals surface area contributed by atoms with Gasteiger partial charge >= 0.3 is 0 Å². The highest BCUT2D eigenvalue weighted by atomic mass is 16.5. The fourth-order valence-corrected chi connectivity index (χ4v) is 5.72. The molecular formula is C35H44O3. The number of rotatable bonds is 12. The molecule has 0 amide bonds. The summed E-state index contributed by atoms with van der Waals surface area (Å²) in [6.07, 6.45) is 7.46. The molecule has 202 valence electrons. The highest BCUT2D eigenvalue weighted by Gasteiger charge is 2.32. The minimum Gasteiger partial charge on any atom is -0.463 e. The third kappa shape index (κ3) is 6.10. The first-order chi connectivity index (χ1) is 18.2. The zero-order valence-electron chi connectivity index (χ0n) is 24.2. The van der Waals surface area contributed by atoms with Crippen molar-refractivity contribution in [3.8, 4) is 11.1 Å². The normalized spacial score (nSPS) is 12.2. The number of carbonyl (C=O) groups excluding carboxylic acids is 1. The maximum atomic E-state index is 10.7. The van der Waals surface area contributed by atoms with Crippen LogP contribution in [-0.2, 0) is 21.6 Å². The largest absolute Gasteiger partial charge is 0.463 e. The quantitative estimate of drug-likeness (QED) is 0.247. The predicted molar refractivity (Wildman–Crippen MR) is 159 cm³/mol. The molecule has 0 aliphatic rings. The zero-order chi connectivity index (χ0) is 27.9. The Morgan fingerprint density at radius 3 is 1.84 bits per heavy atom. The van der Waals surface area contributed by atoms with E-state index in [2.05, 4.69) is 83.2 Å². The molecule has 3 rings (SSSR count). The molecule has 0 saturated heterocycles. The third-order valence-electron chi connectivity index (χ3n) is 8.47. The van der Waals surface area contributed by atoms with Crippen LogP contribution in [0, 0.1) is 20.8 Å². The topological polar surface area (TPSA) is 46.5 Å². The van der Waals surface area contributed by atoms with Crippen LogP contribution in [0.4, 0.5) is 0 Å². The third-order valence-corrected chi connectivity index (χ3v) is 8.47. The maximum absolute atomic E-state index is 10.7. The Balaban J connectivity index is 2.01. The zero-order valence-corrected chi connectivity index (χ0v) is 24.2. The summed E-state index contributed by atoms with van der Waals surface area (Å²) in [4.78, 5) is 10.5. The Kier molecular flexibility index (Phi) is 9.73. The average molecular weight is 513 g/mol. The Hall–Kier alpha value is -3.17. The summed E-state index contributed by atoms with van der Waals surface area (Å²) in [7, 11) is 0. The second-order valence-electron chi connectivity index (χ2n) is 10.6. The van der Waals surface area contributed by atoms with Crippen molar-refractivity contribution in [3.05, 3.63) is 99.6 Å². The van der Waals surface area contributed by atoms with Gasteiger partial charge in [-0.1, -0.05) is 94.4 Å². The summed E-state index contributed by atoms with van der Waals surface area (Å²) in [5, 5.41) is 10.7. The lowest BCUT2D eigenvalue weighted by Gasteiger charge is -2.35. The highest BCUT2D eigenvalue weighted by Crippen LogP contribution is 2.42. The number of benzene rings is 3. The SMILES string of the molecule is CCC(O)(C=Cc1ccc(C(CC)(CC)c2cc(C)c(-c3ccc(COC=O)cc3)c(C)c2)cc1C)CC. The van der Waals surface area contributed by atoms with Crippen LogP contribution in [0.15, 0.2) is 60.7 Å². The van der Waals surface area contributed by atoms with Gasteiger partial charge in [-0.25, -0.2) is 0 Å². The van der Waals surface area contributed by atoms with Gasteiger partial charge in [-0.15, -0.1) is 0 Å². The summed E-state index contributed by atoms with van der Waals surface area (Å²) in [5.74, 6) is 0.